The first-order valence-electron chi connectivity index (χ1n) is 5.24. The molecule has 88 valence electrons. The second-order valence-electron chi connectivity index (χ2n) is 4.07. The van der Waals surface area contributed by atoms with Crippen molar-refractivity contribution in [2.75, 3.05) is 0 Å². The van der Waals surface area contributed by atoms with Gasteiger partial charge in [0.1, 0.15) is 5.82 Å². The lowest BCUT2D eigenvalue weighted by Gasteiger charge is -2.08. The Morgan fingerprint density at radius 1 is 1.06 bits per heavy atom. The van der Waals surface area contributed by atoms with Crippen molar-refractivity contribution in [1.29, 1.82) is 0 Å². The minimum atomic E-state index is -0.185. The van der Waals surface area contributed by atoms with Gasteiger partial charge in [-0.3, -0.25) is 0 Å². The molecule has 0 heterocycles. The van der Waals surface area contributed by atoms with Gasteiger partial charge in [-0.15, -0.1) is 12.6 Å². The van der Waals surface area contributed by atoms with Gasteiger partial charge in [0.15, 0.2) is 0 Å². The molecule has 0 nitrogen and oxygen atoms in total. The van der Waals surface area contributed by atoms with Crippen molar-refractivity contribution in [3.63, 3.8) is 0 Å². The molecule has 0 bridgehead atoms. The summed E-state index contributed by atoms with van der Waals surface area (Å²) in [5.41, 5.74) is 3.39. The monoisotopic (exact) mass is 266 g/mol. The summed E-state index contributed by atoms with van der Waals surface area (Å²) in [6.07, 6.45) is 0. The highest BCUT2D eigenvalue weighted by Gasteiger charge is 2.07. The summed E-state index contributed by atoms with van der Waals surface area (Å²) in [5, 5.41) is 0.599. The number of benzene rings is 2. The van der Waals surface area contributed by atoms with Crippen LogP contribution in [-0.4, -0.2) is 0 Å². The summed E-state index contributed by atoms with van der Waals surface area (Å²) in [7, 11) is 0. The molecule has 0 aliphatic heterocycles. The van der Waals surface area contributed by atoms with Gasteiger partial charge in [-0.05, 0) is 54.3 Å². The maximum atomic E-state index is 13.7. The lowest BCUT2D eigenvalue weighted by atomic mass is 10.00. The van der Waals surface area contributed by atoms with Crippen LogP contribution >= 0.6 is 24.2 Å². The minimum absolute atomic E-state index is 0.185. The van der Waals surface area contributed by atoms with Crippen molar-refractivity contribution < 1.29 is 4.39 Å². The lowest BCUT2D eigenvalue weighted by Crippen LogP contribution is -1.89. The van der Waals surface area contributed by atoms with Crippen LogP contribution in [0.3, 0.4) is 0 Å². The Morgan fingerprint density at radius 2 is 1.76 bits per heavy atom. The van der Waals surface area contributed by atoms with Crippen LogP contribution in [0.1, 0.15) is 11.1 Å². The summed E-state index contributed by atoms with van der Waals surface area (Å²) >= 11 is 10.2. The average molecular weight is 267 g/mol. The molecule has 0 amide bonds. The van der Waals surface area contributed by atoms with E-state index in [2.05, 4.69) is 12.6 Å². The fraction of sp³-hybridized carbons (Fsp3) is 0.143. The maximum absolute atomic E-state index is 13.7. The Bertz CT molecular complexity index is 555. The van der Waals surface area contributed by atoms with Crippen LogP contribution in [0.25, 0.3) is 11.1 Å². The number of aryl methyl sites for hydroxylation is 1. The van der Waals surface area contributed by atoms with Crippen LogP contribution in [-0.2, 0) is 0 Å². The average Bonchev–Trinajstić information content (AvgIpc) is 2.29. The van der Waals surface area contributed by atoms with Gasteiger partial charge < -0.3 is 0 Å². The molecule has 0 saturated heterocycles. The molecule has 2 rings (SSSR count). The third-order valence-electron chi connectivity index (χ3n) is 2.88. The van der Waals surface area contributed by atoms with E-state index in [1.54, 1.807) is 19.1 Å². The van der Waals surface area contributed by atoms with Gasteiger partial charge >= 0.3 is 0 Å². The molecular weight excluding hydrogens is 255 g/mol. The quantitative estimate of drug-likeness (QED) is 0.686. The van der Waals surface area contributed by atoms with E-state index in [1.807, 2.05) is 25.1 Å². The van der Waals surface area contributed by atoms with Crippen molar-refractivity contribution in [2.45, 2.75) is 18.7 Å². The second-order valence-corrected chi connectivity index (χ2v) is 4.96. The SMILES string of the molecule is Cc1cc(-c2ccc(Cl)c(S)c2)cc(F)c1C. The molecular formula is C14H12ClFS. The van der Waals surface area contributed by atoms with E-state index in [4.69, 9.17) is 11.6 Å². The largest absolute Gasteiger partial charge is 0.207 e. The van der Waals surface area contributed by atoms with Crippen molar-refractivity contribution in [1.82, 2.24) is 0 Å². The zero-order valence-corrected chi connectivity index (χ0v) is 11.2. The Labute approximate surface area is 111 Å². The molecule has 0 saturated carbocycles. The van der Waals surface area contributed by atoms with E-state index in [-0.39, 0.29) is 5.82 Å². The Hall–Kier alpha value is -0.990. The van der Waals surface area contributed by atoms with Crippen LogP contribution in [0, 0.1) is 19.7 Å². The third-order valence-corrected chi connectivity index (χ3v) is 3.71. The van der Waals surface area contributed by atoms with Gasteiger partial charge in [0, 0.05) is 4.90 Å². The predicted molar refractivity (Wildman–Crippen MR) is 73.6 cm³/mol. The molecule has 0 aliphatic carbocycles. The molecule has 3 heteroatoms. The Balaban J connectivity index is 2.57. The topological polar surface area (TPSA) is 0 Å². The zero-order chi connectivity index (χ0) is 12.6. The van der Waals surface area contributed by atoms with Gasteiger partial charge in [0.25, 0.3) is 0 Å². The van der Waals surface area contributed by atoms with E-state index in [0.717, 1.165) is 16.7 Å². The smallest absolute Gasteiger partial charge is 0.126 e. The van der Waals surface area contributed by atoms with E-state index >= 15 is 0 Å². The van der Waals surface area contributed by atoms with Gasteiger partial charge in [0.2, 0.25) is 0 Å². The minimum Gasteiger partial charge on any atom is -0.207 e. The maximum Gasteiger partial charge on any atom is 0.126 e. The van der Waals surface area contributed by atoms with Gasteiger partial charge in [-0.1, -0.05) is 23.7 Å². The standard InChI is InChI=1S/C14H12ClFS/c1-8-5-11(6-13(16)9(8)2)10-3-4-12(15)14(17)7-10/h3-7,17H,1-2H3. The van der Waals surface area contributed by atoms with E-state index in [1.165, 1.54) is 0 Å². The molecule has 0 aromatic heterocycles. The van der Waals surface area contributed by atoms with Crippen molar-refractivity contribution in [3.8, 4) is 11.1 Å². The molecule has 0 N–H and O–H groups in total. The molecule has 0 unspecified atom stereocenters. The molecule has 0 aliphatic rings. The first-order chi connectivity index (χ1) is 7.99. The van der Waals surface area contributed by atoms with Crippen molar-refractivity contribution >= 4 is 24.2 Å². The van der Waals surface area contributed by atoms with Crippen LogP contribution < -0.4 is 0 Å². The van der Waals surface area contributed by atoms with Gasteiger partial charge in [-0.2, -0.15) is 0 Å². The predicted octanol–water partition coefficient (Wildman–Crippen LogP) is 5.05. The summed E-state index contributed by atoms with van der Waals surface area (Å²) in [6, 6.07) is 8.99. The Kier molecular flexibility index (Phi) is 3.45. The molecule has 17 heavy (non-hydrogen) atoms. The first kappa shape index (κ1) is 12.5. The molecule has 0 radical (unpaired) electrons. The highest BCUT2D eigenvalue weighted by molar-refractivity contribution is 7.80. The fourth-order valence-corrected chi connectivity index (χ4v) is 2.01. The highest BCUT2D eigenvalue weighted by Crippen LogP contribution is 2.29. The summed E-state index contributed by atoms with van der Waals surface area (Å²) in [6.45, 7) is 3.68. The van der Waals surface area contributed by atoms with Crippen LogP contribution in [0.15, 0.2) is 35.2 Å². The van der Waals surface area contributed by atoms with Crippen LogP contribution in [0.2, 0.25) is 5.02 Å². The van der Waals surface area contributed by atoms with Gasteiger partial charge in [-0.25, -0.2) is 4.39 Å². The van der Waals surface area contributed by atoms with E-state index in [0.29, 0.717) is 15.5 Å². The van der Waals surface area contributed by atoms with Crippen molar-refractivity contribution in [3.05, 3.63) is 52.3 Å². The number of rotatable bonds is 1. The molecule has 0 atom stereocenters. The lowest BCUT2D eigenvalue weighted by molar-refractivity contribution is 0.617. The first-order valence-corrected chi connectivity index (χ1v) is 6.07. The molecule has 0 fully saturated rings. The molecule has 0 spiro atoms. The Morgan fingerprint density at radius 3 is 2.35 bits per heavy atom. The summed E-state index contributed by atoms with van der Waals surface area (Å²) in [5.74, 6) is -0.185. The number of hydrogen-bond donors (Lipinski definition) is 1. The fourth-order valence-electron chi connectivity index (χ4n) is 1.68. The number of hydrogen-bond acceptors (Lipinski definition) is 1. The molecule has 2 aromatic rings. The summed E-state index contributed by atoms with van der Waals surface area (Å²) < 4.78 is 13.7. The zero-order valence-electron chi connectivity index (χ0n) is 9.59. The summed E-state index contributed by atoms with van der Waals surface area (Å²) in [4.78, 5) is 0.697. The van der Waals surface area contributed by atoms with Crippen LogP contribution in [0.4, 0.5) is 4.39 Å². The highest BCUT2D eigenvalue weighted by atomic mass is 35.5. The van der Waals surface area contributed by atoms with Crippen molar-refractivity contribution in [2.24, 2.45) is 0 Å². The second kappa shape index (κ2) is 4.71. The normalized spacial score (nSPS) is 10.6. The van der Waals surface area contributed by atoms with Gasteiger partial charge in [0.05, 0.1) is 5.02 Å². The van der Waals surface area contributed by atoms with E-state index < -0.39 is 0 Å². The number of halogens is 2. The third kappa shape index (κ3) is 2.48. The number of thiol groups is 1. The van der Waals surface area contributed by atoms with E-state index in [9.17, 15) is 4.39 Å². The molecule has 2 aromatic carbocycles. The van der Waals surface area contributed by atoms with Crippen LogP contribution in [0.5, 0.6) is 0 Å².